The molecular formula is C32H38N4O3. The van der Waals surface area contributed by atoms with Gasteiger partial charge in [0.2, 0.25) is 5.91 Å². The molecule has 7 heteroatoms. The highest BCUT2D eigenvalue weighted by atomic mass is 16.6. The average Bonchev–Trinajstić information content (AvgIpc) is 2.96. The summed E-state index contributed by atoms with van der Waals surface area (Å²) < 4.78 is 5.39. The summed E-state index contributed by atoms with van der Waals surface area (Å²) >= 11 is 0. The number of hydrogen-bond acceptors (Lipinski definition) is 5. The molecule has 4 N–H and O–H groups in total. The number of carbonyl (C=O) groups is 2. The number of anilines is 1. The molecule has 3 aromatic rings. The first-order valence-corrected chi connectivity index (χ1v) is 14.0. The third-order valence-electron chi connectivity index (χ3n) is 8.54. The second kappa shape index (κ2) is 11.6. The number of nitrogens with two attached hydrogens (primary N) is 1. The fourth-order valence-corrected chi connectivity index (χ4v) is 5.79. The summed E-state index contributed by atoms with van der Waals surface area (Å²) in [6.45, 7) is 1.98. The van der Waals surface area contributed by atoms with Gasteiger partial charge in [0.1, 0.15) is 6.10 Å². The number of benzene rings is 2. The Morgan fingerprint density at radius 1 is 1.00 bits per heavy atom. The molecule has 0 radical (unpaired) electrons. The monoisotopic (exact) mass is 526 g/mol. The van der Waals surface area contributed by atoms with Crippen molar-refractivity contribution in [3.8, 4) is 22.4 Å². The van der Waals surface area contributed by atoms with Crippen molar-refractivity contribution in [1.82, 2.24) is 10.3 Å². The molecule has 0 aliphatic heterocycles. The van der Waals surface area contributed by atoms with Crippen LogP contribution in [0.2, 0.25) is 0 Å². The summed E-state index contributed by atoms with van der Waals surface area (Å²) in [6, 6.07) is 20.6. The Morgan fingerprint density at radius 3 is 2.31 bits per heavy atom. The Labute approximate surface area is 230 Å². The number of alkyl carbamates (subject to hydrolysis) is 1. The van der Waals surface area contributed by atoms with Crippen molar-refractivity contribution in [1.29, 1.82) is 0 Å². The topological polar surface area (TPSA) is 106 Å². The van der Waals surface area contributed by atoms with Crippen molar-refractivity contribution >= 4 is 17.7 Å². The molecule has 1 unspecified atom stereocenters. The first-order valence-electron chi connectivity index (χ1n) is 14.0. The molecule has 7 nitrogen and oxygen atoms in total. The van der Waals surface area contributed by atoms with Crippen LogP contribution in [0.5, 0.6) is 0 Å². The van der Waals surface area contributed by atoms with E-state index in [1.54, 1.807) is 13.2 Å². The number of amides is 2. The number of nitrogens with one attached hydrogen (secondary N) is 2. The zero-order chi connectivity index (χ0) is 27.4. The van der Waals surface area contributed by atoms with Crippen LogP contribution in [0.15, 0.2) is 66.9 Å². The minimum absolute atomic E-state index is 0.0164. The molecule has 204 valence electrons. The van der Waals surface area contributed by atoms with Gasteiger partial charge in [-0.3, -0.25) is 9.78 Å². The van der Waals surface area contributed by atoms with Crippen LogP contribution >= 0.6 is 0 Å². The summed E-state index contributed by atoms with van der Waals surface area (Å²) in [6.07, 6.45) is 7.73. The lowest BCUT2D eigenvalue weighted by Gasteiger charge is -2.38. The van der Waals surface area contributed by atoms with E-state index < -0.39 is 6.09 Å². The van der Waals surface area contributed by atoms with E-state index in [4.69, 9.17) is 15.5 Å². The maximum absolute atomic E-state index is 13.2. The molecule has 5 rings (SSSR count). The number of carbonyl (C=O) groups excluding carboxylic acids is 2. The van der Waals surface area contributed by atoms with Gasteiger partial charge in [-0.2, -0.15) is 0 Å². The Hall–Kier alpha value is -3.71. The van der Waals surface area contributed by atoms with E-state index in [1.165, 1.54) is 12.0 Å². The van der Waals surface area contributed by atoms with Gasteiger partial charge in [0, 0.05) is 29.6 Å². The van der Waals surface area contributed by atoms with Crippen LogP contribution in [-0.2, 0) is 15.1 Å². The van der Waals surface area contributed by atoms with Crippen molar-refractivity contribution in [3.05, 3.63) is 72.4 Å². The molecule has 39 heavy (non-hydrogen) atoms. The van der Waals surface area contributed by atoms with Gasteiger partial charge in [-0.15, -0.1) is 0 Å². The molecule has 2 aliphatic carbocycles. The van der Waals surface area contributed by atoms with Crippen molar-refractivity contribution in [3.63, 3.8) is 0 Å². The van der Waals surface area contributed by atoms with E-state index in [9.17, 15) is 9.59 Å². The van der Waals surface area contributed by atoms with Gasteiger partial charge >= 0.3 is 6.09 Å². The number of nitrogens with zero attached hydrogens (tertiary/aromatic N) is 1. The van der Waals surface area contributed by atoms with E-state index in [0.29, 0.717) is 5.69 Å². The second-order valence-corrected chi connectivity index (χ2v) is 11.0. The van der Waals surface area contributed by atoms with Crippen LogP contribution in [0.25, 0.3) is 22.4 Å². The number of aromatic nitrogens is 1. The second-order valence-electron chi connectivity index (χ2n) is 11.0. The molecule has 1 aromatic heterocycles. The maximum atomic E-state index is 13.2. The lowest BCUT2D eigenvalue weighted by Crippen LogP contribution is -2.43. The lowest BCUT2D eigenvalue weighted by molar-refractivity contribution is -0.121. The van der Waals surface area contributed by atoms with E-state index in [2.05, 4.69) is 47.0 Å². The number of rotatable bonds is 7. The molecule has 1 heterocycles. The molecule has 0 bridgehead atoms. The highest BCUT2D eigenvalue weighted by Crippen LogP contribution is 2.40. The Balaban J connectivity index is 1.32. The van der Waals surface area contributed by atoms with Gasteiger partial charge in [-0.05, 0) is 68.1 Å². The zero-order valence-electron chi connectivity index (χ0n) is 22.8. The number of ether oxygens (including phenoxy) is 1. The van der Waals surface area contributed by atoms with Crippen LogP contribution in [0.3, 0.4) is 0 Å². The van der Waals surface area contributed by atoms with Gasteiger partial charge in [0.05, 0.1) is 17.6 Å². The predicted molar refractivity (Wildman–Crippen MR) is 154 cm³/mol. The average molecular weight is 527 g/mol. The fourth-order valence-electron chi connectivity index (χ4n) is 5.79. The standard InChI is InChI=1S/C32H38N4O3/c1-21(22-11-15-27(16-12-22)39-31(38)34-2)30(37)36-26-19-28(23-7-4-3-5-8-23)29(35-20-26)24-9-13-25(14-10-24)32(33)17-6-18-32/h3-5,7-10,13-14,19-22,27H,6,11-12,15-18,33H2,1-2H3,(H,34,38)(H,36,37). The molecule has 1 atom stereocenters. The van der Waals surface area contributed by atoms with Gasteiger partial charge in [-0.25, -0.2) is 4.79 Å². The molecule has 2 amide bonds. The molecule has 2 saturated carbocycles. The minimum Gasteiger partial charge on any atom is -0.446 e. The largest absolute Gasteiger partial charge is 0.446 e. The number of hydrogen-bond donors (Lipinski definition) is 3. The molecule has 2 aliphatic rings. The van der Waals surface area contributed by atoms with Crippen molar-refractivity contribution in [2.24, 2.45) is 17.6 Å². The third kappa shape index (κ3) is 5.98. The van der Waals surface area contributed by atoms with Gasteiger partial charge in [0.25, 0.3) is 0 Å². The summed E-state index contributed by atoms with van der Waals surface area (Å²) in [7, 11) is 1.56. The fraction of sp³-hybridized carbons (Fsp3) is 0.406. The van der Waals surface area contributed by atoms with Crippen LogP contribution in [0, 0.1) is 11.8 Å². The van der Waals surface area contributed by atoms with E-state index >= 15 is 0 Å². The van der Waals surface area contributed by atoms with Crippen LogP contribution in [0.1, 0.15) is 57.4 Å². The molecule has 0 spiro atoms. The van der Waals surface area contributed by atoms with Crippen LogP contribution in [-0.4, -0.2) is 30.1 Å². The minimum atomic E-state index is -0.396. The zero-order valence-corrected chi connectivity index (χ0v) is 22.8. The first kappa shape index (κ1) is 26.9. The Kier molecular flexibility index (Phi) is 7.98. The van der Waals surface area contributed by atoms with Gasteiger partial charge in [0.15, 0.2) is 0 Å². The highest BCUT2D eigenvalue weighted by molar-refractivity contribution is 5.94. The van der Waals surface area contributed by atoms with Crippen LogP contribution < -0.4 is 16.4 Å². The van der Waals surface area contributed by atoms with Crippen molar-refractivity contribution in [2.45, 2.75) is 63.5 Å². The molecule has 0 saturated heterocycles. The summed E-state index contributed by atoms with van der Waals surface area (Å²) in [5, 5.41) is 5.61. The number of pyridine rings is 1. The maximum Gasteiger partial charge on any atom is 0.407 e. The smallest absolute Gasteiger partial charge is 0.407 e. The van der Waals surface area contributed by atoms with E-state index in [1.807, 2.05) is 31.2 Å². The Bertz CT molecular complexity index is 1300. The predicted octanol–water partition coefficient (Wildman–Crippen LogP) is 6.24. The summed E-state index contributed by atoms with van der Waals surface area (Å²) in [4.78, 5) is 29.6. The van der Waals surface area contributed by atoms with Gasteiger partial charge < -0.3 is 21.1 Å². The lowest BCUT2D eigenvalue weighted by atomic mass is 9.72. The molecule has 2 aromatic carbocycles. The molecular weight excluding hydrogens is 488 g/mol. The summed E-state index contributed by atoms with van der Waals surface area (Å²) in [5.74, 6) is 0.0705. The Morgan fingerprint density at radius 2 is 1.69 bits per heavy atom. The quantitative estimate of drug-likeness (QED) is 0.338. The highest BCUT2D eigenvalue weighted by Gasteiger charge is 2.34. The van der Waals surface area contributed by atoms with Crippen molar-refractivity contribution < 1.29 is 14.3 Å². The first-order chi connectivity index (χ1) is 18.9. The van der Waals surface area contributed by atoms with Gasteiger partial charge in [-0.1, -0.05) is 61.5 Å². The third-order valence-corrected chi connectivity index (χ3v) is 8.54. The van der Waals surface area contributed by atoms with Crippen molar-refractivity contribution in [2.75, 3.05) is 12.4 Å². The summed E-state index contributed by atoms with van der Waals surface area (Å²) in [5.41, 5.74) is 12.1. The molecule has 2 fully saturated rings. The van der Waals surface area contributed by atoms with E-state index in [-0.39, 0.29) is 29.4 Å². The SMILES string of the molecule is CNC(=O)OC1CCC(C(C)C(=O)Nc2cnc(-c3ccc(C4(N)CCC4)cc3)c(-c3ccccc3)c2)CC1. The van der Waals surface area contributed by atoms with E-state index in [0.717, 1.165) is 60.9 Å². The normalized spacial score (nSPS) is 20.8. The van der Waals surface area contributed by atoms with Crippen LogP contribution in [0.4, 0.5) is 10.5 Å².